The number of imide groups is 1. The molecule has 0 aliphatic carbocycles. The van der Waals surface area contributed by atoms with Crippen LogP contribution in [0.25, 0.3) is 0 Å². The average Bonchev–Trinajstić information content (AvgIpc) is 3.02. The van der Waals surface area contributed by atoms with Crippen molar-refractivity contribution < 1.29 is 14.0 Å². The maximum absolute atomic E-state index is 14.2. The van der Waals surface area contributed by atoms with Crippen LogP contribution in [-0.2, 0) is 23.3 Å². The van der Waals surface area contributed by atoms with Gasteiger partial charge in [0.25, 0.3) is 5.91 Å². The molecule has 7 heteroatoms. The molecule has 3 aromatic carbocycles. The molecule has 0 saturated carbocycles. The van der Waals surface area contributed by atoms with Gasteiger partial charge in [-0.2, -0.15) is 0 Å². The van der Waals surface area contributed by atoms with Gasteiger partial charge >= 0.3 is 6.03 Å². The van der Waals surface area contributed by atoms with Crippen LogP contribution in [-0.4, -0.2) is 35.5 Å². The molecule has 1 N–H and O–H groups in total. The van der Waals surface area contributed by atoms with Crippen LogP contribution in [0.2, 0.25) is 5.02 Å². The molecule has 0 bridgehead atoms. The molecule has 4 rings (SSSR count). The molecule has 1 unspecified atom stereocenters. The Balaban J connectivity index is 1.61. The lowest BCUT2D eigenvalue weighted by Gasteiger charge is -2.28. The first-order valence-electron chi connectivity index (χ1n) is 10.3. The first-order valence-corrected chi connectivity index (χ1v) is 10.6. The molecule has 0 radical (unpaired) electrons. The Morgan fingerprint density at radius 1 is 0.969 bits per heavy atom. The Kier molecular flexibility index (Phi) is 6.26. The normalized spacial score (nSPS) is 18.3. The number of benzene rings is 3. The summed E-state index contributed by atoms with van der Waals surface area (Å²) in [5.41, 5.74) is 0.751. The van der Waals surface area contributed by atoms with Crippen molar-refractivity contribution in [1.82, 2.24) is 15.1 Å². The third-order valence-corrected chi connectivity index (χ3v) is 5.98. The van der Waals surface area contributed by atoms with E-state index in [9.17, 15) is 14.0 Å². The van der Waals surface area contributed by atoms with Crippen molar-refractivity contribution in [2.24, 2.45) is 0 Å². The molecule has 1 fully saturated rings. The number of halogens is 2. The summed E-state index contributed by atoms with van der Waals surface area (Å²) < 4.78 is 14.2. The van der Waals surface area contributed by atoms with Gasteiger partial charge in [0.1, 0.15) is 5.82 Å². The molecule has 1 atom stereocenters. The van der Waals surface area contributed by atoms with Gasteiger partial charge in [-0.15, -0.1) is 0 Å². The van der Waals surface area contributed by atoms with E-state index in [0.29, 0.717) is 22.6 Å². The summed E-state index contributed by atoms with van der Waals surface area (Å²) in [5.74, 6) is -0.770. The predicted octanol–water partition coefficient (Wildman–Crippen LogP) is 4.56. The smallest absolute Gasteiger partial charge is 0.319 e. The van der Waals surface area contributed by atoms with Gasteiger partial charge in [0.05, 0.1) is 6.67 Å². The number of amides is 3. The predicted molar refractivity (Wildman–Crippen MR) is 121 cm³/mol. The number of nitrogens with one attached hydrogen (secondary N) is 1. The molecular weight excluding hydrogens is 429 g/mol. The van der Waals surface area contributed by atoms with E-state index in [1.54, 1.807) is 18.0 Å². The summed E-state index contributed by atoms with van der Waals surface area (Å²) in [4.78, 5) is 29.5. The molecule has 3 aromatic rings. The van der Waals surface area contributed by atoms with E-state index in [-0.39, 0.29) is 19.1 Å². The molecular formula is C25H23ClFN3O2. The van der Waals surface area contributed by atoms with Crippen LogP contribution >= 0.6 is 11.6 Å². The summed E-state index contributed by atoms with van der Waals surface area (Å²) in [5, 5.41) is 3.24. The van der Waals surface area contributed by atoms with Crippen molar-refractivity contribution in [3.05, 3.63) is 106 Å². The van der Waals surface area contributed by atoms with Gasteiger partial charge in [-0.25, -0.2) is 14.1 Å². The summed E-state index contributed by atoms with van der Waals surface area (Å²) in [6.07, 6.45) is 0.321. The lowest BCUT2D eigenvalue weighted by atomic mass is 9.83. The minimum Gasteiger partial charge on any atom is -0.319 e. The van der Waals surface area contributed by atoms with Crippen LogP contribution in [0.15, 0.2) is 78.9 Å². The molecule has 1 aliphatic rings. The van der Waals surface area contributed by atoms with Crippen molar-refractivity contribution in [3.63, 3.8) is 0 Å². The van der Waals surface area contributed by atoms with Gasteiger partial charge in [-0.3, -0.25) is 9.69 Å². The van der Waals surface area contributed by atoms with Crippen molar-refractivity contribution in [1.29, 1.82) is 0 Å². The molecule has 1 aliphatic heterocycles. The lowest BCUT2D eigenvalue weighted by Crippen LogP contribution is -2.46. The summed E-state index contributed by atoms with van der Waals surface area (Å²) in [6.45, 7) is 0.151. The minimum atomic E-state index is -1.21. The zero-order chi connectivity index (χ0) is 22.7. The van der Waals surface area contributed by atoms with Crippen molar-refractivity contribution in [2.45, 2.75) is 18.5 Å². The summed E-state index contributed by atoms with van der Waals surface area (Å²) in [7, 11) is 1.71. The number of carbonyl (C=O) groups excluding carboxylic acids is 2. The molecule has 1 saturated heterocycles. The molecule has 1 heterocycles. The molecule has 5 nitrogen and oxygen atoms in total. The maximum Gasteiger partial charge on any atom is 0.326 e. The van der Waals surface area contributed by atoms with E-state index in [1.807, 2.05) is 60.7 Å². The van der Waals surface area contributed by atoms with Gasteiger partial charge in [0.15, 0.2) is 5.54 Å². The highest BCUT2D eigenvalue weighted by molar-refractivity contribution is 6.31. The van der Waals surface area contributed by atoms with Crippen LogP contribution < -0.4 is 5.32 Å². The average molecular weight is 452 g/mol. The molecule has 0 aromatic heterocycles. The Morgan fingerprint density at radius 2 is 1.62 bits per heavy atom. The summed E-state index contributed by atoms with van der Waals surface area (Å²) >= 11 is 6.14. The highest BCUT2D eigenvalue weighted by Crippen LogP contribution is 2.33. The van der Waals surface area contributed by atoms with E-state index in [2.05, 4.69) is 5.32 Å². The number of hydrogen-bond donors (Lipinski definition) is 1. The second kappa shape index (κ2) is 9.10. The number of rotatable bonds is 7. The number of hydrogen-bond acceptors (Lipinski definition) is 3. The van der Waals surface area contributed by atoms with Crippen LogP contribution in [0.5, 0.6) is 0 Å². The minimum absolute atomic E-state index is 0.00129. The Labute approximate surface area is 191 Å². The van der Waals surface area contributed by atoms with E-state index in [0.717, 1.165) is 5.56 Å². The zero-order valence-corrected chi connectivity index (χ0v) is 18.3. The third kappa shape index (κ3) is 4.24. The van der Waals surface area contributed by atoms with Gasteiger partial charge in [-0.1, -0.05) is 78.3 Å². The van der Waals surface area contributed by atoms with E-state index in [1.165, 1.54) is 17.0 Å². The van der Waals surface area contributed by atoms with Crippen LogP contribution in [0.1, 0.15) is 16.7 Å². The van der Waals surface area contributed by atoms with E-state index >= 15 is 0 Å². The standard InChI is InChI=1S/C25H23ClFN3O2/c1-29(16-20-21(26)13-8-14-22(20)27)17-30-23(31)25(28-24(30)32,19-11-6-3-7-12-19)15-18-9-4-2-5-10-18/h2-14H,15-17H2,1H3,(H,28,32). The topological polar surface area (TPSA) is 52.6 Å². The largest absolute Gasteiger partial charge is 0.326 e. The van der Waals surface area contributed by atoms with Gasteiger partial charge in [-0.05, 0) is 30.3 Å². The molecule has 164 valence electrons. The first-order chi connectivity index (χ1) is 15.4. The molecule has 0 spiro atoms. The number of carbonyl (C=O) groups is 2. The van der Waals surface area contributed by atoms with Crippen molar-refractivity contribution >= 4 is 23.5 Å². The fourth-order valence-electron chi connectivity index (χ4n) is 4.04. The van der Waals surface area contributed by atoms with Crippen LogP contribution in [0.4, 0.5) is 9.18 Å². The highest BCUT2D eigenvalue weighted by atomic mass is 35.5. The fraction of sp³-hybridized carbons (Fsp3) is 0.200. The lowest BCUT2D eigenvalue weighted by molar-refractivity contribution is -0.133. The second-order valence-electron chi connectivity index (χ2n) is 7.95. The quantitative estimate of drug-likeness (QED) is 0.536. The third-order valence-electron chi connectivity index (χ3n) is 5.63. The number of urea groups is 1. The van der Waals surface area contributed by atoms with Gasteiger partial charge < -0.3 is 5.32 Å². The van der Waals surface area contributed by atoms with Crippen LogP contribution in [0.3, 0.4) is 0 Å². The molecule has 3 amide bonds. The van der Waals surface area contributed by atoms with Gasteiger partial charge in [0, 0.05) is 23.6 Å². The highest BCUT2D eigenvalue weighted by Gasteiger charge is 2.52. The van der Waals surface area contributed by atoms with Crippen molar-refractivity contribution in [3.8, 4) is 0 Å². The zero-order valence-electron chi connectivity index (χ0n) is 17.6. The molecule has 32 heavy (non-hydrogen) atoms. The summed E-state index contributed by atoms with van der Waals surface area (Å²) in [6, 6.07) is 22.8. The monoisotopic (exact) mass is 451 g/mol. The number of nitrogens with zero attached hydrogens (tertiary/aromatic N) is 2. The van der Waals surface area contributed by atoms with Gasteiger partial charge in [0.2, 0.25) is 0 Å². The van der Waals surface area contributed by atoms with Crippen molar-refractivity contribution in [2.75, 3.05) is 13.7 Å². The Bertz CT molecular complexity index is 1110. The SMILES string of the molecule is CN(Cc1c(F)cccc1Cl)CN1C(=O)NC(Cc2ccccc2)(c2ccccc2)C1=O. The van der Waals surface area contributed by atoms with E-state index in [4.69, 9.17) is 11.6 Å². The van der Waals surface area contributed by atoms with E-state index < -0.39 is 17.4 Å². The van der Waals surface area contributed by atoms with Crippen LogP contribution in [0, 0.1) is 5.82 Å². The first kappa shape index (κ1) is 22.0. The fourth-order valence-corrected chi connectivity index (χ4v) is 4.26. The Hall–Kier alpha value is -3.22. The maximum atomic E-state index is 14.2. The Morgan fingerprint density at radius 3 is 2.28 bits per heavy atom. The second-order valence-corrected chi connectivity index (χ2v) is 8.36.